The number of carbonyl (C=O) groups excluding carboxylic acids is 3. The van der Waals surface area contributed by atoms with Crippen LogP contribution in [0.1, 0.15) is 50.7 Å². The Hall–Kier alpha value is -3.15. The molecule has 0 spiro atoms. The number of amides is 1. The minimum absolute atomic E-state index is 0.00325. The molecule has 2 rings (SSSR count). The predicted molar refractivity (Wildman–Crippen MR) is 129 cm³/mol. The number of nitrogens with one attached hydrogen (secondary N) is 1. The molecule has 12 heteroatoms. The van der Waals surface area contributed by atoms with E-state index in [1.165, 1.54) is 4.80 Å². The number of methoxy groups -OCH3 is 1. The summed E-state index contributed by atoms with van der Waals surface area (Å²) in [6.07, 6.45) is -0.720. The molecule has 0 bridgehead atoms. The summed E-state index contributed by atoms with van der Waals surface area (Å²) in [5.41, 5.74) is 0.213. The third-order valence-corrected chi connectivity index (χ3v) is 4.98. The number of esters is 2. The molecule has 1 aromatic carbocycles. The standard InChI is InChI=1S/C23H31BrN4O7/c1-14(2)17(25-22(31)35-23(3,4)5)20(29)33-11-12-34-21(30)18-19(24)27-28(26-18)13-15-7-9-16(32-6)10-8-15/h7-10,14,17H,11-13H2,1-6H3,(H,25,31)/t17-/m0/s1. The highest BCUT2D eigenvalue weighted by Crippen LogP contribution is 2.15. The van der Waals surface area contributed by atoms with Crippen molar-refractivity contribution < 1.29 is 33.3 Å². The van der Waals surface area contributed by atoms with Crippen LogP contribution in [0.3, 0.4) is 0 Å². The van der Waals surface area contributed by atoms with Crippen molar-refractivity contribution in [2.24, 2.45) is 5.92 Å². The van der Waals surface area contributed by atoms with E-state index in [2.05, 4.69) is 31.4 Å². The maximum absolute atomic E-state index is 12.4. The number of hydrogen-bond donors (Lipinski definition) is 1. The van der Waals surface area contributed by atoms with Crippen LogP contribution in [0, 0.1) is 5.92 Å². The van der Waals surface area contributed by atoms with Crippen molar-refractivity contribution in [2.75, 3.05) is 20.3 Å². The number of carbonyl (C=O) groups is 3. The Morgan fingerprint density at radius 3 is 2.26 bits per heavy atom. The lowest BCUT2D eigenvalue weighted by molar-refractivity contribution is -0.148. The molecule has 0 aliphatic carbocycles. The van der Waals surface area contributed by atoms with Gasteiger partial charge in [-0.3, -0.25) is 0 Å². The summed E-state index contributed by atoms with van der Waals surface area (Å²) in [6.45, 7) is 8.64. The second kappa shape index (κ2) is 12.5. The fourth-order valence-electron chi connectivity index (χ4n) is 2.78. The third kappa shape index (κ3) is 9.19. The Morgan fingerprint density at radius 1 is 1.06 bits per heavy atom. The maximum atomic E-state index is 12.4. The predicted octanol–water partition coefficient (Wildman–Crippen LogP) is 3.35. The first-order valence-corrected chi connectivity index (χ1v) is 11.8. The average Bonchev–Trinajstić information content (AvgIpc) is 3.13. The van der Waals surface area contributed by atoms with E-state index in [9.17, 15) is 14.4 Å². The third-order valence-electron chi connectivity index (χ3n) is 4.44. The highest BCUT2D eigenvalue weighted by molar-refractivity contribution is 9.10. The smallest absolute Gasteiger partial charge is 0.408 e. The van der Waals surface area contributed by atoms with E-state index in [-0.39, 0.29) is 29.4 Å². The van der Waals surface area contributed by atoms with Gasteiger partial charge in [0.05, 0.1) is 13.7 Å². The molecular formula is C23H31BrN4O7. The molecule has 0 saturated carbocycles. The zero-order valence-electron chi connectivity index (χ0n) is 20.7. The number of halogens is 1. The van der Waals surface area contributed by atoms with Crippen molar-refractivity contribution in [1.29, 1.82) is 0 Å². The lowest BCUT2D eigenvalue weighted by atomic mass is 10.1. The van der Waals surface area contributed by atoms with Gasteiger partial charge >= 0.3 is 18.0 Å². The highest BCUT2D eigenvalue weighted by Gasteiger charge is 2.28. The first-order valence-electron chi connectivity index (χ1n) is 11.0. The van der Waals surface area contributed by atoms with Crippen LogP contribution in [0.15, 0.2) is 28.9 Å². The normalized spacial score (nSPS) is 12.1. The van der Waals surface area contributed by atoms with Gasteiger partial charge in [-0.05, 0) is 60.3 Å². The molecule has 1 aromatic heterocycles. The zero-order valence-corrected chi connectivity index (χ0v) is 22.2. The van der Waals surface area contributed by atoms with Crippen LogP contribution in [0.4, 0.5) is 4.79 Å². The summed E-state index contributed by atoms with van der Waals surface area (Å²) in [7, 11) is 1.59. The molecule has 2 aromatic rings. The molecule has 1 amide bonds. The fourth-order valence-corrected chi connectivity index (χ4v) is 3.21. The molecule has 0 saturated heterocycles. The largest absolute Gasteiger partial charge is 0.497 e. The SMILES string of the molecule is COc1ccc(Cn2nc(Br)c(C(=O)OCCOC(=O)[C@@H](NC(=O)OC(C)(C)C)C(C)C)n2)cc1. The van der Waals surface area contributed by atoms with Crippen molar-refractivity contribution in [3.63, 3.8) is 0 Å². The lowest BCUT2D eigenvalue weighted by Gasteiger charge is -2.24. The van der Waals surface area contributed by atoms with Crippen molar-refractivity contribution >= 4 is 34.0 Å². The Balaban J connectivity index is 1.84. The van der Waals surface area contributed by atoms with Crippen molar-refractivity contribution in [3.05, 3.63) is 40.1 Å². The molecule has 0 aliphatic heterocycles. The molecule has 0 aliphatic rings. The van der Waals surface area contributed by atoms with Gasteiger partial charge in [-0.1, -0.05) is 26.0 Å². The van der Waals surface area contributed by atoms with E-state index in [1.807, 2.05) is 24.3 Å². The molecule has 1 N–H and O–H groups in total. The molecule has 11 nitrogen and oxygen atoms in total. The van der Waals surface area contributed by atoms with Crippen molar-refractivity contribution in [2.45, 2.75) is 52.8 Å². The van der Waals surface area contributed by atoms with Crippen LogP contribution in [-0.2, 0) is 25.5 Å². The van der Waals surface area contributed by atoms with Gasteiger partial charge in [-0.15, -0.1) is 10.2 Å². The Morgan fingerprint density at radius 2 is 1.69 bits per heavy atom. The van der Waals surface area contributed by atoms with E-state index in [0.29, 0.717) is 6.54 Å². The second-order valence-electron chi connectivity index (χ2n) is 8.89. The number of rotatable bonds is 10. The van der Waals surface area contributed by atoms with E-state index < -0.39 is 29.7 Å². The first kappa shape index (κ1) is 28.1. The number of ether oxygens (including phenoxy) is 4. The number of nitrogens with zero attached hydrogens (tertiary/aromatic N) is 3. The number of aromatic nitrogens is 3. The van der Waals surface area contributed by atoms with Crippen LogP contribution >= 0.6 is 15.9 Å². The minimum atomic E-state index is -0.910. The topological polar surface area (TPSA) is 131 Å². The minimum Gasteiger partial charge on any atom is -0.497 e. The van der Waals surface area contributed by atoms with Gasteiger partial charge in [0.15, 0.2) is 4.60 Å². The van der Waals surface area contributed by atoms with Crippen LogP contribution in [-0.4, -0.2) is 65.0 Å². The summed E-state index contributed by atoms with van der Waals surface area (Å²) in [6, 6.07) is 6.45. The molecule has 1 heterocycles. The summed E-state index contributed by atoms with van der Waals surface area (Å²) < 4.78 is 20.9. The first-order chi connectivity index (χ1) is 16.4. The summed E-state index contributed by atoms with van der Waals surface area (Å²) in [5, 5.41) is 10.8. The Bertz CT molecular complexity index is 1020. The second-order valence-corrected chi connectivity index (χ2v) is 9.64. The quantitative estimate of drug-likeness (QED) is 0.266. The van der Waals surface area contributed by atoms with Gasteiger partial charge in [0.2, 0.25) is 5.69 Å². The molecule has 0 fully saturated rings. The number of hydrogen-bond acceptors (Lipinski definition) is 9. The van der Waals surface area contributed by atoms with Crippen molar-refractivity contribution in [1.82, 2.24) is 20.3 Å². The van der Waals surface area contributed by atoms with Crippen LogP contribution in [0.5, 0.6) is 5.75 Å². The van der Waals surface area contributed by atoms with Gasteiger partial charge in [0.1, 0.15) is 30.6 Å². The molecule has 0 unspecified atom stereocenters. The number of benzene rings is 1. The molecule has 192 valence electrons. The van der Waals surface area contributed by atoms with Crippen LogP contribution < -0.4 is 10.1 Å². The van der Waals surface area contributed by atoms with E-state index in [1.54, 1.807) is 41.7 Å². The van der Waals surface area contributed by atoms with Crippen LogP contribution in [0.2, 0.25) is 0 Å². The highest BCUT2D eigenvalue weighted by atomic mass is 79.9. The van der Waals surface area contributed by atoms with Gasteiger partial charge < -0.3 is 24.3 Å². The Kier molecular flexibility index (Phi) is 10.1. The number of alkyl carbamates (subject to hydrolysis) is 1. The lowest BCUT2D eigenvalue weighted by Crippen LogP contribution is -2.47. The zero-order chi connectivity index (χ0) is 26.2. The Labute approximate surface area is 212 Å². The maximum Gasteiger partial charge on any atom is 0.408 e. The summed E-state index contributed by atoms with van der Waals surface area (Å²) in [5.74, 6) is -0.891. The van der Waals surface area contributed by atoms with Gasteiger partial charge in [-0.2, -0.15) is 4.80 Å². The van der Waals surface area contributed by atoms with E-state index >= 15 is 0 Å². The average molecular weight is 555 g/mol. The van der Waals surface area contributed by atoms with Gasteiger partial charge in [-0.25, -0.2) is 14.4 Å². The van der Waals surface area contributed by atoms with E-state index in [0.717, 1.165) is 11.3 Å². The summed E-state index contributed by atoms with van der Waals surface area (Å²) in [4.78, 5) is 38.1. The van der Waals surface area contributed by atoms with Gasteiger partial charge in [0.25, 0.3) is 0 Å². The van der Waals surface area contributed by atoms with Gasteiger partial charge in [0, 0.05) is 0 Å². The molecule has 35 heavy (non-hydrogen) atoms. The molecule has 0 radical (unpaired) electrons. The van der Waals surface area contributed by atoms with Crippen molar-refractivity contribution in [3.8, 4) is 5.75 Å². The summed E-state index contributed by atoms with van der Waals surface area (Å²) >= 11 is 3.21. The van der Waals surface area contributed by atoms with Crippen LogP contribution in [0.25, 0.3) is 0 Å². The van der Waals surface area contributed by atoms with E-state index in [4.69, 9.17) is 18.9 Å². The molecule has 1 atom stereocenters. The fraction of sp³-hybridized carbons (Fsp3) is 0.522. The molecular weight excluding hydrogens is 524 g/mol. The monoisotopic (exact) mass is 554 g/mol.